The highest BCUT2D eigenvalue weighted by molar-refractivity contribution is 5.05. The highest BCUT2D eigenvalue weighted by Gasteiger charge is 2.55. The molecule has 0 saturated heterocycles. The second kappa shape index (κ2) is 1.29. The van der Waals surface area contributed by atoms with E-state index < -0.39 is 0 Å². The van der Waals surface area contributed by atoms with E-state index in [0.29, 0.717) is 10.8 Å². The molecule has 0 aromatic rings. The van der Waals surface area contributed by atoms with Gasteiger partial charge in [0, 0.05) is 0 Å². The minimum atomic E-state index is 0.655. The maximum Gasteiger partial charge on any atom is -0.0272 e. The molecule has 1 aliphatic rings. The molecule has 1 rings (SSSR count). The van der Waals surface area contributed by atoms with Crippen LogP contribution in [0.15, 0.2) is 0 Å². The van der Waals surface area contributed by atoms with Gasteiger partial charge in [-0.05, 0) is 17.3 Å². The summed E-state index contributed by atoms with van der Waals surface area (Å²) in [6.45, 7) is 9.38. The van der Waals surface area contributed by atoms with Crippen molar-refractivity contribution >= 4 is 0 Å². The summed E-state index contributed by atoms with van der Waals surface area (Å²) in [6, 6.07) is 0. The van der Waals surface area contributed by atoms with Crippen LogP contribution >= 0.6 is 0 Å². The summed E-state index contributed by atoms with van der Waals surface area (Å²) in [4.78, 5) is 0. The van der Waals surface area contributed by atoms with E-state index >= 15 is 0 Å². The Morgan fingerprint density at radius 3 is 1.62 bits per heavy atom. The molecule has 0 spiro atoms. The molecule has 0 nitrogen and oxygen atoms in total. The van der Waals surface area contributed by atoms with Crippen molar-refractivity contribution in [3.8, 4) is 0 Å². The molecule has 0 aromatic carbocycles. The molecule has 8 heavy (non-hydrogen) atoms. The van der Waals surface area contributed by atoms with Crippen molar-refractivity contribution in [2.24, 2.45) is 10.8 Å². The molecule has 0 heteroatoms. The average molecular weight is 112 g/mol. The predicted molar refractivity (Wildman–Crippen MR) is 36.8 cm³/mol. The minimum absolute atomic E-state index is 0.655. The van der Waals surface area contributed by atoms with Crippen molar-refractivity contribution in [3.05, 3.63) is 0 Å². The van der Waals surface area contributed by atoms with E-state index in [1.165, 1.54) is 12.8 Å². The molecule has 1 fully saturated rings. The Morgan fingerprint density at radius 1 is 1.25 bits per heavy atom. The third kappa shape index (κ3) is 0.586. The van der Waals surface area contributed by atoms with Crippen molar-refractivity contribution in [1.82, 2.24) is 0 Å². The van der Waals surface area contributed by atoms with E-state index in [1.807, 2.05) is 0 Å². The van der Waals surface area contributed by atoms with Crippen LogP contribution in [0.1, 0.15) is 40.5 Å². The van der Waals surface area contributed by atoms with Crippen LogP contribution < -0.4 is 0 Å². The number of rotatable bonds is 1. The largest absolute Gasteiger partial charge is 0.0648 e. The van der Waals surface area contributed by atoms with Crippen molar-refractivity contribution in [2.75, 3.05) is 0 Å². The molecule has 0 aromatic heterocycles. The first-order valence-electron chi connectivity index (χ1n) is 3.52. The molecule has 0 heterocycles. The average Bonchev–Trinajstić information content (AvgIpc) is 2.10. The fourth-order valence-corrected chi connectivity index (χ4v) is 1.53. The summed E-state index contributed by atoms with van der Waals surface area (Å²) in [7, 11) is 0. The lowest BCUT2D eigenvalue weighted by Crippen LogP contribution is -2.00. The summed E-state index contributed by atoms with van der Waals surface area (Å²) in [5.74, 6) is 0. The first-order chi connectivity index (χ1) is 3.52. The zero-order valence-electron chi connectivity index (χ0n) is 6.41. The van der Waals surface area contributed by atoms with Gasteiger partial charge in [0.2, 0.25) is 0 Å². The number of hydrogen-bond acceptors (Lipinski definition) is 0. The Bertz CT molecular complexity index is 103. The Morgan fingerprint density at radius 2 is 1.62 bits per heavy atom. The molecular weight excluding hydrogens is 96.1 g/mol. The molecule has 0 radical (unpaired) electrons. The molecule has 0 N–H and O–H groups in total. The highest BCUT2D eigenvalue weighted by Crippen LogP contribution is 2.64. The molecule has 0 aliphatic heterocycles. The van der Waals surface area contributed by atoms with Gasteiger partial charge in [0.25, 0.3) is 0 Å². The Kier molecular flexibility index (Phi) is 0.984. The van der Waals surface area contributed by atoms with Crippen LogP contribution in [0.3, 0.4) is 0 Å². The smallest absolute Gasteiger partial charge is 0.0272 e. The van der Waals surface area contributed by atoms with E-state index in [-0.39, 0.29) is 0 Å². The van der Waals surface area contributed by atoms with E-state index in [4.69, 9.17) is 0 Å². The quantitative estimate of drug-likeness (QED) is 0.489. The van der Waals surface area contributed by atoms with Gasteiger partial charge in [-0.15, -0.1) is 0 Å². The van der Waals surface area contributed by atoms with Crippen molar-refractivity contribution < 1.29 is 0 Å². The van der Waals surface area contributed by atoms with Gasteiger partial charge in [-0.3, -0.25) is 0 Å². The first kappa shape index (κ1) is 6.12. The minimum Gasteiger partial charge on any atom is -0.0648 e. The highest BCUT2D eigenvalue weighted by atomic mass is 14.6. The van der Waals surface area contributed by atoms with Crippen LogP contribution in [-0.2, 0) is 0 Å². The van der Waals surface area contributed by atoms with Crippen molar-refractivity contribution in [2.45, 2.75) is 40.5 Å². The molecule has 0 amide bonds. The fourth-order valence-electron chi connectivity index (χ4n) is 1.53. The fraction of sp³-hybridized carbons (Fsp3) is 1.00. The predicted octanol–water partition coefficient (Wildman–Crippen LogP) is 2.83. The molecule has 1 atom stereocenters. The SMILES string of the molecule is CCC1(C)CC1(C)C. The van der Waals surface area contributed by atoms with Gasteiger partial charge in [0.1, 0.15) is 0 Å². The van der Waals surface area contributed by atoms with E-state index in [9.17, 15) is 0 Å². The third-order valence-corrected chi connectivity index (χ3v) is 3.12. The lowest BCUT2D eigenvalue weighted by atomic mass is 9.96. The van der Waals surface area contributed by atoms with Gasteiger partial charge in [-0.25, -0.2) is 0 Å². The maximum absolute atomic E-state index is 2.38. The van der Waals surface area contributed by atoms with E-state index in [2.05, 4.69) is 27.7 Å². The van der Waals surface area contributed by atoms with Crippen LogP contribution in [0.4, 0.5) is 0 Å². The summed E-state index contributed by atoms with van der Waals surface area (Å²) in [5, 5.41) is 0. The zero-order chi connectivity index (χ0) is 6.41. The van der Waals surface area contributed by atoms with Gasteiger partial charge in [0.15, 0.2) is 0 Å². The van der Waals surface area contributed by atoms with Gasteiger partial charge in [-0.1, -0.05) is 34.1 Å². The van der Waals surface area contributed by atoms with Gasteiger partial charge in [0.05, 0.1) is 0 Å². The first-order valence-corrected chi connectivity index (χ1v) is 3.52. The van der Waals surface area contributed by atoms with E-state index in [1.54, 1.807) is 0 Å². The molecule has 0 bridgehead atoms. The second-order valence-corrected chi connectivity index (χ2v) is 3.97. The number of hydrogen-bond donors (Lipinski definition) is 0. The Hall–Kier alpha value is 0. The van der Waals surface area contributed by atoms with Gasteiger partial charge in [-0.2, -0.15) is 0 Å². The van der Waals surface area contributed by atoms with Crippen molar-refractivity contribution in [3.63, 3.8) is 0 Å². The molecule has 1 aliphatic carbocycles. The molecular formula is C8H16. The molecule has 1 unspecified atom stereocenters. The van der Waals surface area contributed by atoms with Gasteiger partial charge < -0.3 is 0 Å². The zero-order valence-corrected chi connectivity index (χ0v) is 6.41. The second-order valence-electron chi connectivity index (χ2n) is 3.97. The summed E-state index contributed by atoms with van der Waals surface area (Å²) >= 11 is 0. The summed E-state index contributed by atoms with van der Waals surface area (Å²) in [5.41, 5.74) is 1.34. The maximum atomic E-state index is 2.38. The summed E-state index contributed by atoms with van der Waals surface area (Å²) in [6.07, 6.45) is 2.77. The van der Waals surface area contributed by atoms with Crippen LogP contribution in [0.25, 0.3) is 0 Å². The van der Waals surface area contributed by atoms with Crippen LogP contribution in [0.2, 0.25) is 0 Å². The molecule has 1 saturated carbocycles. The lowest BCUT2D eigenvalue weighted by Gasteiger charge is -2.09. The third-order valence-electron chi connectivity index (χ3n) is 3.12. The van der Waals surface area contributed by atoms with Crippen LogP contribution in [0.5, 0.6) is 0 Å². The van der Waals surface area contributed by atoms with Crippen molar-refractivity contribution in [1.29, 1.82) is 0 Å². The lowest BCUT2D eigenvalue weighted by molar-refractivity contribution is 0.406. The molecule has 48 valence electrons. The van der Waals surface area contributed by atoms with Crippen LogP contribution in [0, 0.1) is 10.8 Å². The summed E-state index contributed by atoms with van der Waals surface area (Å²) < 4.78 is 0. The van der Waals surface area contributed by atoms with E-state index in [0.717, 1.165) is 0 Å². The Balaban J connectivity index is 2.55. The van der Waals surface area contributed by atoms with Crippen LogP contribution in [-0.4, -0.2) is 0 Å². The van der Waals surface area contributed by atoms with Gasteiger partial charge >= 0.3 is 0 Å². The monoisotopic (exact) mass is 112 g/mol. The Labute approximate surface area is 52.3 Å². The standard InChI is InChI=1S/C8H16/c1-5-8(4)6-7(8,2)3/h5-6H2,1-4H3. The normalized spacial score (nSPS) is 42.0. The topological polar surface area (TPSA) is 0 Å².